The number of amides is 2. The van der Waals surface area contributed by atoms with Gasteiger partial charge >= 0.3 is 6.03 Å². The van der Waals surface area contributed by atoms with Crippen LogP contribution in [-0.2, 0) is 0 Å². The molecule has 0 saturated carbocycles. The van der Waals surface area contributed by atoms with Gasteiger partial charge in [-0.3, -0.25) is 4.90 Å². The first-order valence-corrected chi connectivity index (χ1v) is 4.67. The lowest BCUT2D eigenvalue weighted by Crippen LogP contribution is -2.26. The molecule has 0 atom stereocenters. The van der Waals surface area contributed by atoms with Crippen molar-refractivity contribution in [3.8, 4) is 0 Å². The van der Waals surface area contributed by atoms with E-state index in [4.69, 9.17) is 0 Å². The van der Waals surface area contributed by atoms with Crippen LogP contribution >= 0.6 is 15.9 Å². The lowest BCUT2D eigenvalue weighted by atomic mass is 10.3. The SMILES string of the molecule is C=C(Br)/C=C\C(=C)N1CCNC1=O. The van der Waals surface area contributed by atoms with Crippen molar-refractivity contribution in [1.82, 2.24) is 10.2 Å². The van der Waals surface area contributed by atoms with Gasteiger partial charge in [-0.15, -0.1) is 0 Å². The van der Waals surface area contributed by atoms with Crippen LogP contribution in [0.5, 0.6) is 0 Å². The van der Waals surface area contributed by atoms with E-state index >= 15 is 0 Å². The van der Waals surface area contributed by atoms with Gasteiger partial charge in [0, 0.05) is 23.3 Å². The third-order valence-electron chi connectivity index (χ3n) is 1.66. The smallest absolute Gasteiger partial charge is 0.321 e. The summed E-state index contributed by atoms with van der Waals surface area (Å²) in [5, 5.41) is 2.70. The third-order valence-corrected chi connectivity index (χ3v) is 1.92. The predicted molar refractivity (Wildman–Crippen MR) is 56.5 cm³/mol. The summed E-state index contributed by atoms with van der Waals surface area (Å²) in [7, 11) is 0. The largest absolute Gasteiger partial charge is 0.336 e. The number of rotatable bonds is 3. The van der Waals surface area contributed by atoms with Crippen molar-refractivity contribution in [3.05, 3.63) is 35.5 Å². The lowest BCUT2D eigenvalue weighted by molar-refractivity contribution is 0.228. The van der Waals surface area contributed by atoms with Crippen molar-refractivity contribution in [2.75, 3.05) is 13.1 Å². The fourth-order valence-electron chi connectivity index (χ4n) is 1.02. The summed E-state index contributed by atoms with van der Waals surface area (Å²) in [6, 6.07) is -0.0881. The number of nitrogens with zero attached hydrogens (tertiary/aromatic N) is 1. The standard InChI is InChI=1S/C9H11BrN2O/c1-7(10)3-4-8(2)12-6-5-11-9(12)13/h3-4H,1-2,5-6H2,(H,11,13)/b4-3-. The van der Waals surface area contributed by atoms with Gasteiger partial charge in [-0.25, -0.2) is 4.79 Å². The van der Waals surface area contributed by atoms with Crippen molar-refractivity contribution in [2.24, 2.45) is 0 Å². The second kappa shape index (κ2) is 4.28. The zero-order valence-electron chi connectivity index (χ0n) is 7.22. The van der Waals surface area contributed by atoms with Crippen LogP contribution in [0.3, 0.4) is 0 Å². The lowest BCUT2D eigenvalue weighted by Gasteiger charge is -2.13. The van der Waals surface area contributed by atoms with E-state index in [1.807, 2.05) is 0 Å². The monoisotopic (exact) mass is 242 g/mol. The first-order valence-electron chi connectivity index (χ1n) is 3.88. The Balaban J connectivity index is 2.57. The molecular weight excluding hydrogens is 232 g/mol. The molecule has 13 heavy (non-hydrogen) atoms. The van der Waals surface area contributed by atoms with Gasteiger partial charge in [-0.2, -0.15) is 0 Å². The van der Waals surface area contributed by atoms with E-state index in [-0.39, 0.29) is 6.03 Å². The maximum Gasteiger partial charge on any atom is 0.321 e. The van der Waals surface area contributed by atoms with Gasteiger partial charge in [-0.1, -0.05) is 29.1 Å². The average Bonchev–Trinajstić information content (AvgIpc) is 2.47. The van der Waals surface area contributed by atoms with Gasteiger partial charge in [0.2, 0.25) is 0 Å². The molecule has 0 bridgehead atoms. The Hall–Kier alpha value is -1.03. The van der Waals surface area contributed by atoms with Crippen LogP contribution in [0.4, 0.5) is 4.79 Å². The molecule has 0 radical (unpaired) electrons. The quantitative estimate of drug-likeness (QED) is 0.755. The molecule has 70 valence electrons. The Labute approximate surface area is 85.9 Å². The number of hydrogen-bond donors (Lipinski definition) is 1. The van der Waals surface area contributed by atoms with Gasteiger partial charge in [-0.05, 0) is 12.2 Å². The number of hydrogen-bond acceptors (Lipinski definition) is 1. The van der Waals surface area contributed by atoms with E-state index in [2.05, 4.69) is 34.4 Å². The average molecular weight is 243 g/mol. The fourth-order valence-corrected chi connectivity index (χ4v) is 1.15. The Morgan fingerprint density at radius 2 is 2.23 bits per heavy atom. The highest BCUT2D eigenvalue weighted by Gasteiger charge is 2.20. The van der Waals surface area contributed by atoms with Crippen molar-refractivity contribution < 1.29 is 4.79 Å². The van der Waals surface area contributed by atoms with Gasteiger partial charge in [0.15, 0.2) is 0 Å². The predicted octanol–water partition coefficient (Wildman–Crippen LogP) is 1.99. The minimum atomic E-state index is -0.0881. The molecule has 1 aliphatic rings. The molecule has 1 fully saturated rings. The topological polar surface area (TPSA) is 32.3 Å². The van der Waals surface area contributed by atoms with Gasteiger partial charge in [0.05, 0.1) is 0 Å². The van der Waals surface area contributed by atoms with Crippen molar-refractivity contribution in [1.29, 1.82) is 0 Å². The van der Waals surface area contributed by atoms with Gasteiger partial charge in [0.25, 0.3) is 0 Å². The van der Waals surface area contributed by atoms with Crippen LogP contribution in [0.25, 0.3) is 0 Å². The maximum atomic E-state index is 11.1. The van der Waals surface area contributed by atoms with Crippen molar-refractivity contribution in [3.63, 3.8) is 0 Å². The summed E-state index contributed by atoms with van der Waals surface area (Å²) in [6.45, 7) is 8.78. The van der Waals surface area contributed by atoms with Crippen LogP contribution in [0.1, 0.15) is 0 Å². The summed E-state index contributed by atoms with van der Waals surface area (Å²) in [6.07, 6.45) is 3.51. The number of carbonyl (C=O) groups is 1. The summed E-state index contributed by atoms with van der Waals surface area (Å²) in [5.41, 5.74) is 0.676. The second-order valence-electron chi connectivity index (χ2n) is 2.66. The molecule has 1 rings (SSSR count). The normalized spacial score (nSPS) is 16.4. The first kappa shape index (κ1) is 10.1. The molecular formula is C9H11BrN2O. The fraction of sp³-hybridized carbons (Fsp3) is 0.222. The molecule has 1 heterocycles. The zero-order chi connectivity index (χ0) is 9.84. The summed E-state index contributed by atoms with van der Waals surface area (Å²) in [5.74, 6) is 0. The second-order valence-corrected chi connectivity index (χ2v) is 3.67. The number of nitrogens with one attached hydrogen (secondary N) is 1. The Kier molecular flexibility index (Phi) is 3.31. The summed E-state index contributed by atoms with van der Waals surface area (Å²) >= 11 is 3.19. The molecule has 1 saturated heterocycles. The first-order chi connectivity index (χ1) is 6.11. The molecule has 3 nitrogen and oxygen atoms in total. The highest BCUT2D eigenvalue weighted by molar-refractivity contribution is 9.11. The van der Waals surface area contributed by atoms with Crippen LogP contribution in [0, 0.1) is 0 Å². The third kappa shape index (κ3) is 2.73. The number of halogens is 1. The maximum absolute atomic E-state index is 11.1. The highest BCUT2D eigenvalue weighted by Crippen LogP contribution is 2.10. The van der Waals surface area contributed by atoms with Crippen LogP contribution in [0.15, 0.2) is 35.5 Å². The Bertz CT molecular complexity index is 283. The Morgan fingerprint density at radius 3 is 2.69 bits per heavy atom. The van der Waals surface area contributed by atoms with E-state index in [9.17, 15) is 4.79 Å². The molecule has 0 unspecified atom stereocenters. The molecule has 0 aromatic carbocycles. The van der Waals surface area contributed by atoms with E-state index in [1.165, 1.54) is 0 Å². The van der Waals surface area contributed by atoms with Gasteiger partial charge in [0.1, 0.15) is 0 Å². The van der Waals surface area contributed by atoms with Gasteiger partial charge < -0.3 is 5.32 Å². The number of allylic oxidation sites excluding steroid dienone is 3. The minimum absolute atomic E-state index is 0.0881. The van der Waals surface area contributed by atoms with Crippen molar-refractivity contribution in [2.45, 2.75) is 0 Å². The van der Waals surface area contributed by atoms with E-state index in [0.717, 1.165) is 4.48 Å². The van der Waals surface area contributed by atoms with Crippen LogP contribution in [0.2, 0.25) is 0 Å². The van der Waals surface area contributed by atoms with E-state index < -0.39 is 0 Å². The Morgan fingerprint density at radius 1 is 1.54 bits per heavy atom. The molecule has 0 aromatic heterocycles. The zero-order valence-corrected chi connectivity index (χ0v) is 8.80. The minimum Gasteiger partial charge on any atom is -0.336 e. The van der Waals surface area contributed by atoms with Crippen LogP contribution < -0.4 is 5.32 Å². The number of urea groups is 1. The summed E-state index contributed by atoms with van der Waals surface area (Å²) in [4.78, 5) is 12.7. The molecule has 0 spiro atoms. The van der Waals surface area contributed by atoms with E-state index in [0.29, 0.717) is 18.8 Å². The molecule has 0 aromatic rings. The molecule has 4 heteroatoms. The summed E-state index contributed by atoms with van der Waals surface area (Å²) < 4.78 is 0.758. The van der Waals surface area contributed by atoms with E-state index in [1.54, 1.807) is 17.1 Å². The molecule has 0 aliphatic carbocycles. The van der Waals surface area contributed by atoms with Crippen LogP contribution in [-0.4, -0.2) is 24.0 Å². The highest BCUT2D eigenvalue weighted by atomic mass is 79.9. The number of carbonyl (C=O) groups excluding carboxylic acids is 1. The molecule has 1 N–H and O–H groups in total. The molecule has 1 aliphatic heterocycles. The van der Waals surface area contributed by atoms with Crippen molar-refractivity contribution >= 4 is 22.0 Å². The molecule has 2 amide bonds.